The zero-order chi connectivity index (χ0) is 14.1. The molecule has 0 radical (unpaired) electrons. The Morgan fingerprint density at radius 1 is 1.30 bits per heavy atom. The minimum absolute atomic E-state index is 0. The smallest absolute Gasteiger partial charge is 0.220 e. The van der Waals surface area contributed by atoms with Crippen LogP contribution in [0.3, 0.4) is 0 Å². The normalized spacial score (nSPS) is 11.6. The fourth-order valence-corrected chi connectivity index (χ4v) is 2.37. The highest BCUT2D eigenvalue weighted by Crippen LogP contribution is 2.18. The number of carbonyl (C=O) groups is 1. The third-order valence-corrected chi connectivity index (χ3v) is 3.58. The van der Waals surface area contributed by atoms with Gasteiger partial charge in [0.15, 0.2) is 0 Å². The quantitative estimate of drug-likeness (QED) is 0.687. The molecule has 3 N–H and O–H groups in total. The van der Waals surface area contributed by atoms with E-state index in [-0.39, 0.29) is 24.4 Å². The van der Waals surface area contributed by atoms with Gasteiger partial charge >= 0.3 is 0 Å². The number of hydrogen-bond donors (Lipinski definition) is 2. The molecule has 0 fully saturated rings. The summed E-state index contributed by atoms with van der Waals surface area (Å²) in [5, 5.41) is 3.03. The molecule has 1 rings (SSSR count). The molecule has 1 unspecified atom stereocenters. The van der Waals surface area contributed by atoms with Gasteiger partial charge in [-0.05, 0) is 44.0 Å². The summed E-state index contributed by atoms with van der Waals surface area (Å²) in [6.45, 7) is 2.75. The van der Waals surface area contributed by atoms with Crippen molar-refractivity contribution in [2.75, 3.05) is 6.54 Å². The number of nitrogens with one attached hydrogen (secondary N) is 1. The molecular weight excluding hydrogens is 340 g/mol. The lowest BCUT2D eigenvalue weighted by Crippen LogP contribution is -2.26. The van der Waals surface area contributed by atoms with Crippen LogP contribution in [0.1, 0.15) is 50.6 Å². The minimum atomic E-state index is 0. The lowest BCUT2D eigenvalue weighted by Gasteiger charge is -2.14. The molecule has 0 aliphatic rings. The van der Waals surface area contributed by atoms with Crippen molar-refractivity contribution < 1.29 is 4.79 Å². The molecule has 114 valence electrons. The van der Waals surface area contributed by atoms with E-state index < -0.39 is 0 Å². The molecular formula is C15H24BrClN2O. The second kappa shape index (κ2) is 11.1. The maximum atomic E-state index is 11.8. The van der Waals surface area contributed by atoms with Crippen molar-refractivity contribution in [2.45, 2.75) is 45.1 Å². The molecule has 5 heteroatoms. The van der Waals surface area contributed by atoms with Gasteiger partial charge in [-0.3, -0.25) is 4.79 Å². The highest BCUT2D eigenvalue weighted by molar-refractivity contribution is 9.10. The average molecular weight is 364 g/mol. The van der Waals surface area contributed by atoms with Crippen LogP contribution in [0.5, 0.6) is 0 Å². The third-order valence-electron chi connectivity index (χ3n) is 3.08. The number of unbranched alkanes of at least 4 members (excludes halogenated alkanes) is 3. The predicted octanol–water partition coefficient (Wildman–Crippen LogP) is 3.96. The zero-order valence-corrected chi connectivity index (χ0v) is 14.3. The molecule has 1 aromatic carbocycles. The van der Waals surface area contributed by atoms with Gasteiger partial charge in [-0.2, -0.15) is 0 Å². The van der Waals surface area contributed by atoms with E-state index in [9.17, 15) is 4.79 Å². The Kier molecular flexibility index (Phi) is 10.8. The summed E-state index contributed by atoms with van der Waals surface area (Å²) >= 11 is 3.44. The van der Waals surface area contributed by atoms with E-state index >= 15 is 0 Å². The van der Waals surface area contributed by atoms with Crippen molar-refractivity contribution in [2.24, 2.45) is 5.73 Å². The van der Waals surface area contributed by atoms with Crippen LogP contribution in [0.15, 0.2) is 28.7 Å². The van der Waals surface area contributed by atoms with Gasteiger partial charge in [0.05, 0.1) is 6.04 Å². The number of rotatable bonds is 8. The first-order valence-electron chi connectivity index (χ1n) is 6.88. The van der Waals surface area contributed by atoms with Gasteiger partial charge in [0.25, 0.3) is 0 Å². The van der Waals surface area contributed by atoms with Crippen LogP contribution in [0.2, 0.25) is 0 Å². The van der Waals surface area contributed by atoms with Crippen molar-refractivity contribution in [1.29, 1.82) is 0 Å². The molecule has 0 saturated carbocycles. The molecule has 0 aliphatic heterocycles. The first kappa shape index (κ1) is 19.4. The number of hydrogen-bond acceptors (Lipinski definition) is 2. The van der Waals surface area contributed by atoms with E-state index in [0.29, 0.717) is 6.42 Å². The summed E-state index contributed by atoms with van der Waals surface area (Å²) in [6.07, 6.45) is 4.79. The second-order valence-electron chi connectivity index (χ2n) is 4.80. The number of carbonyl (C=O) groups excluding carboxylic acids is 1. The Labute approximate surface area is 136 Å². The first-order chi connectivity index (χ1) is 9.13. The topological polar surface area (TPSA) is 55.1 Å². The predicted molar refractivity (Wildman–Crippen MR) is 90.1 cm³/mol. The highest BCUT2D eigenvalue weighted by atomic mass is 79.9. The van der Waals surface area contributed by atoms with Crippen molar-refractivity contribution in [3.05, 3.63) is 34.3 Å². The largest absolute Gasteiger partial charge is 0.350 e. The molecule has 3 nitrogen and oxygen atoms in total. The van der Waals surface area contributed by atoms with Crippen LogP contribution in [-0.4, -0.2) is 12.5 Å². The Bertz CT molecular complexity index is 401. The van der Waals surface area contributed by atoms with Gasteiger partial charge in [-0.15, -0.1) is 12.4 Å². The van der Waals surface area contributed by atoms with Crippen molar-refractivity contribution in [1.82, 2.24) is 5.32 Å². The summed E-state index contributed by atoms with van der Waals surface area (Å²) in [5.74, 6) is 0.125. The molecule has 0 saturated heterocycles. The summed E-state index contributed by atoms with van der Waals surface area (Å²) in [6, 6.07) is 8.07. The number of nitrogens with two attached hydrogens (primary N) is 1. The molecule has 20 heavy (non-hydrogen) atoms. The maximum Gasteiger partial charge on any atom is 0.220 e. The Balaban J connectivity index is 0.00000361. The standard InChI is InChI=1S/C15H23BrN2O.ClH/c1-12(13-7-6-8-14(16)11-13)18-15(19)9-4-2-3-5-10-17;/h6-8,11-12H,2-5,9-10,17H2,1H3,(H,18,19);1H. The van der Waals surface area contributed by atoms with Gasteiger partial charge in [0, 0.05) is 10.9 Å². The molecule has 1 aromatic rings. The van der Waals surface area contributed by atoms with Crippen molar-refractivity contribution >= 4 is 34.2 Å². The van der Waals surface area contributed by atoms with E-state index in [2.05, 4.69) is 21.2 Å². The van der Waals surface area contributed by atoms with Crippen molar-refractivity contribution in [3.8, 4) is 0 Å². The lowest BCUT2D eigenvalue weighted by atomic mass is 10.1. The molecule has 0 bridgehead atoms. The van der Waals surface area contributed by atoms with Crippen LogP contribution < -0.4 is 11.1 Å². The van der Waals surface area contributed by atoms with Gasteiger partial charge in [-0.1, -0.05) is 40.9 Å². The van der Waals surface area contributed by atoms with Crippen LogP contribution >= 0.6 is 28.3 Å². The summed E-state index contributed by atoms with van der Waals surface area (Å²) in [7, 11) is 0. The molecule has 0 aromatic heterocycles. The number of halogens is 2. The zero-order valence-electron chi connectivity index (χ0n) is 11.9. The van der Waals surface area contributed by atoms with Gasteiger partial charge < -0.3 is 11.1 Å². The van der Waals surface area contributed by atoms with E-state index in [1.165, 1.54) is 0 Å². The Morgan fingerprint density at radius 3 is 2.65 bits per heavy atom. The second-order valence-corrected chi connectivity index (χ2v) is 5.71. The van der Waals surface area contributed by atoms with Crippen LogP contribution in [0.4, 0.5) is 0 Å². The third kappa shape index (κ3) is 7.88. The summed E-state index contributed by atoms with van der Waals surface area (Å²) in [4.78, 5) is 11.8. The maximum absolute atomic E-state index is 11.8. The summed E-state index contributed by atoms with van der Waals surface area (Å²) in [5.41, 5.74) is 6.55. The first-order valence-corrected chi connectivity index (χ1v) is 7.67. The monoisotopic (exact) mass is 362 g/mol. The van der Waals surface area contributed by atoms with Crippen molar-refractivity contribution in [3.63, 3.8) is 0 Å². The van der Waals surface area contributed by atoms with E-state index in [1.807, 2.05) is 31.2 Å². The van der Waals surface area contributed by atoms with E-state index in [0.717, 1.165) is 42.3 Å². The van der Waals surface area contributed by atoms with E-state index in [4.69, 9.17) is 5.73 Å². The van der Waals surface area contributed by atoms with Gasteiger partial charge in [-0.25, -0.2) is 0 Å². The molecule has 1 amide bonds. The molecule has 0 heterocycles. The van der Waals surface area contributed by atoms with E-state index in [1.54, 1.807) is 0 Å². The molecule has 0 spiro atoms. The Hall–Kier alpha value is -0.580. The fraction of sp³-hybridized carbons (Fsp3) is 0.533. The van der Waals surface area contributed by atoms with Gasteiger partial charge in [0.1, 0.15) is 0 Å². The number of benzene rings is 1. The van der Waals surface area contributed by atoms with Crippen LogP contribution in [-0.2, 0) is 4.79 Å². The lowest BCUT2D eigenvalue weighted by molar-refractivity contribution is -0.121. The SMILES string of the molecule is CC(NC(=O)CCCCCCN)c1cccc(Br)c1.Cl. The fourth-order valence-electron chi connectivity index (χ4n) is 1.96. The van der Waals surface area contributed by atoms with Gasteiger partial charge in [0.2, 0.25) is 5.91 Å². The van der Waals surface area contributed by atoms with Crippen LogP contribution in [0.25, 0.3) is 0 Å². The molecule has 1 atom stereocenters. The average Bonchev–Trinajstić information content (AvgIpc) is 2.38. The number of amides is 1. The summed E-state index contributed by atoms with van der Waals surface area (Å²) < 4.78 is 1.04. The Morgan fingerprint density at radius 2 is 2.00 bits per heavy atom. The molecule has 0 aliphatic carbocycles. The highest BCUT2D eigenvalue weighted by Gasteiger charge is 2.09. The van der Waals surface area contributed by atoms with Crippen LogP contribution in [0, 0.1) is 0 Å². The minimum Gasteiger partial charge on any atom is -0.350 e.